The summed E-state index contributed by atoms with van der Waals surface area (Å²) in [5.41, 5.74) is -0.0344. The van der Waals surface area contributed by atoms with Crippen LogP contribution in [0.1, 0.15) is 32.4 Å². The molecule has 0 spiro atoms. The standard InChI is InChI=1S/C18H24N2O4/c1-18(2)15(13-5-7-24-16(13)18)19-17(22)11-8-14(21)20(9-11)10-12-4-3-6-23-12/h3-4,6,11,13,15-16H,5,7-10H2,1-2H3,(H,19,22)/t11-,13+,15-,16-/m1/s1. The monoisotopic (exact) mass is 332 g/mol. The molecule has 4 rings (SSSR count). The molecule has 130 valence electrons. The molecule has 0 unspecified atom stereocenters. The fourth-order valence-corrected chi connectivity index (χ4v) is 4.58. The Bertz CT molecular complexity index is 639. The summed E-state index contributed by atoms with van der Waals surface area (Å²) in [6.07, 6.45) is 3.14. The molecule has 1 aromatic rings. The number of nitrogens with zero attached hydrogens (tertiary/aromatic N) is 1. The van der Waals surface area contributed by atoms with E-state index in [2.05, 4.69) is 19.2 Å². The molecule has 6 heteroatoms. The van der Waals surface area contributed by atoms with Gasteiger partial charge in [0, 0.05) is 36.9 Å². The molecule has 2 aliphatic heterocycles. The molecule has 0 aromatic carbocycles. The Kier molecular flexibility index (Phi) is 3.67. The molecule has 3 fully saturated rings. The third-order valence-electron chi connectivity index (χ3n) is 5.91. The smallest absolute Gasteiger partial charge is 0.225 e. The lowest BCUT2D eigenvalue weighted by molar-refractivity contribution is -0.141. The van der Waals surface area contributed by atoms with Gasteiger partial charge >= 0.3 is 0 Å². The van der Waals surface area contributed by atoms with E-state index in [0.717, 1.165) is 18.8 Å². The van der Waals surface area contributed by atoms with Crippen molar-refractivity contribution in [3.63, 3.8) is 0 Å². The van der Waals surface area contributed by atoms with Gasteiger partial charge in [-0.3, -0.25) is 9.59 Å². The van der Waals surface area contributed by atoms with Gasteiger partial charge < -0.3 is 19.4 Å². The van der Waals surface area contributed by atoms with E-state index in [-0.39, 0.29) is 41.7 Å². The zero-order valence-corrected chi connectivity index (χ0v) is 14.2. The normalized spacial score (nSPS) is 34.1. The summed E-state index contributed by atoms with van der Waals surface area (Å²) >= 11 is 0. The fraction of sp³-hybridized carbons (Fsp3) is 0.667. The number of nitrogens with one attached hydrogen (secondary N) is 1. The quantitative estimate of drug-likeness (QED) is 0.908. The van der Waals surface area contributed by atoms with Crippen molar-refractivity contribution in [1.29, 1.82) is 0 Å². The first-order chi connectivity index (χ1) is 11.5. The summed E-state index contributed by atoms with van der Waals surface area (Å²) in [6.45, 7) is 5.97. The van der Waals surface area contributed by atoms with E-state index >= 15 is 0 Å². The maximum atomic E-state index is 12.7. The molecule has 24 heavy (non-hydrogen) atoms. The Hall–Kier alpha value is -1.82. The molecule has 4 atom stereocenters. The van der Waals surface area contributed by atoms with Crippen molar-refractivity contribution in [3.8, 4) is 0 Å². The Labute approximate surface area is 141 Å². The molecule has 1 N–H and O–H groups in total. The van der Waals surface area contributed by atoms with Gasteiger partial charge in [-0.25, -0.2) is 0 Å². The topological polar surface area (TPSA) is 71.8 Å². The highest BCUT2D eigenvalue weighted by molar-refractivity contribution is 5.89. The molecule has 3 aliphatic rings. The molecular weight excluding hydrogens is 308 g/mol. The van der Waals surface area contributed by atoms with Crippen LogP contribution in [0.2, 0.25) is 0 Å². The van der Waals surface area contributed by atoms with Crippen LogP contribution in [0.5, 0.6) is 0 Å². The van der Waals surface area contributed by atoms with Gasteiger partial charge in [0.05, 0.1) is 24.8 Å². The van der Waals surface area contributed by atoms with Crippen molar-refractivity contribution < 1.29 is 18.7 Å². The summed E-state index contributed by atoms with van der Waals surface area (Å²) in [5, 5.41) is 3.20. The summed E-state index contributed by atoms with van der Waals surface area (Å²) in [7, 11) is 0. The Morgan fingerprint density at radius 3 is 3.04 bits per heavy atom. The van der Waals surface area contributed by atoms with Crippen LogP contribution in [0.4, 0.5) is 0 Å². The number of carbonyl (C=O) groups is 2. The van der Waals surface area contributed by atoms with E-state index < -0.39 is 0 Å². The van der Waals surface area contributed by atoms with Crippen molar-refractivity contribution in [2.24, 2.45) is 17.3 Å². The largest absolute Gasteiger partial charge is 0.467 e. The van der Waals surface area contributed by atoms with Gasteiger partial charge in [-0.2, -0.15) is 0 Å². The highest BCUT2D eigenvalue weighted by atomic mass is 16.5. The second kappa shape index (κ2) is 5.62. The minimum Gasteiger partial charge on any atom is -0.467 e. The first kappa shape index (κ1) is 15.7. The number of likely N-dealkylation sites (tertiary alicyclic amines) is 1. The Morgan fingerprint density at radius 2 is 2.29 bits per heavy atom. The van der Waals surface area contributed by atoms with Crippen LogP contribution < -0.4 is 5.32 Å². The van der Waals surface area contributed by atoms with E-state index in [4.69, 9.17) is 9.15 Å². The molecule has 1 saturated carbocycles. The van der Waals surface area contributed by atoms with E-state index in [1.807, 2.05) is 6.07 Å². The lowest BCUT2D eigenvalue weighted by Crippen LogP contribution is -2.67. The second-order valence-corrected chi connectivity index (χ2v) is 7.81. The van der Waals surface area contributed by atoms with Gasteiger partial charge in [0.15, 0.2) is 0 Å². The van der Waals surface area contributed by atoms with Crippen molar-refractivity contribution in [3.05, 3.63) is 24.2 Å². The number of rotatable bonds is 4. The molecule has 6 nitrogen and oxygen atoms in total. The highest BCUT2D eigenvalue weighted by Crippen LogP contribution is 2.52. The molecule has 3 heterocycles. The molecule has 1 aromatic heterocycles. The van der Waals surface area contributed by atoms with Crippen LogP contribution >= 0.6 is 0 Å². The SMILES string of the molecule is CC1(C)[C@H](NC(=O)[C@@H]2CC(=O)N(Cc3ccco3)C2)[C@@H]2CCO[C@H]21. The minimum atomic E-state index is -0.273. The molecule has 2 saturated heterocycles. The van der Waals surface area contributed by atoms with Crippen LogP contribution in [-0.4, -0.2) is 42.0 Å². The molecule has 0 radical (unpaired) electrons. The third kappa shape index (κ3) is 2.44. The van der Waals surface area contributed by atoms with Crippen LogP contribution in [0, 0.1) is 17.3 Å². The number of hydrogen-bond acceptors (Lipinski definition) is 4. The summed E-state index contributed by atoms with van der Waals surface area (Å²) in [5.74, 6) is 0.899. The summed E-state index contributed by atoms with van der Waals surface area (Å²) in [4.78, 5) is 26.5. The molecular formula is C18H24N2O4. The zero-order chi connectivity index (χ0) is 16.9. The number of furan rings is 1. The van der Waals surface area contributed by atoms with Crippen molar-refractivity contribution in [2.45, 2.75) is 45.4 Å². The van der Waals surface area contributed by atoms with E-state index in [1.54, 1.807) is 17.2 Å². The summed E-state index contributed by atoms with van der Waals surface area (Å²) < 4.78 is 11.1. The average molecular weight is 332 g/mol. The maximum absolute atomic E-state index is 12.7. The van der Waals surface area contributed by atoms with Crippen molar-refractivity contribution >= 4 is 11.8 Å². The first-order valence-electron chi connectivity index (χ1n) is 8.69. The number of fused-ring (bicyclic) bond motifs is 1. The molecule has 0 bridgehead atoms. The fourth-order valence-electron chi connectivity index (χ4n) is 4.58. The van der Waals surface area contributed by atoms with Crippen molar-refractivity contribution in [1.82, 2.24) is 10.2 Å². The predicted molar refractivity (Wildman–Crippen MR) is 85.8 cm³/mol. The Balaban J connectivity index is 1.36. The second-order valence-electron chi connectivity index (χ2n) is 7.81. The highest BCUT2D eigenvalue weighted by Gasteiger charge is 2.60. The van der Waals surface area contributed by atoms with Crippen LogP contribution in [-0.2, 0) is 20.9 Å². The predicted octanol–water partition coefficient (Wildman–Crippen LogP) is 1.56. The van der Waals surface area contributed by atoms with Gasteiger partial charge in [0.1, 0.15) is 5.76 Å². The van der Waals surface area contributed by atoms with Crippen LogP contribution in [0.3, 0.4) is 0 Å². The number of hydrogen-bond donors (Lipinski definition) is 1. The lowest BCUT2D eigenvalue weighted by Gasteiger charge is -2.54. The number of carbonyl (C=O) groups excluding carboxylic acids is 2. The van der Waals surface area contributed by atoms with E-state index in [1.165, 1.54) is 0 Å². The zero-order valence-electron chi connectivity index (χ0n) is 14.2. The molecule has 1 aliphatic carbocycles. The number of amides is 2. The number of ether oxygens (including phenoxy) is 1. The van der Waals surface area contributed by atoms with Crippen LogP contribution in [0.25, 0.3) is 0 Å². The van der Waals surface area contributed by atoms with Crippen molar-refractivity contribution in [2.75, 3.05) is 13.2 Å². The van der Waals surface area contributed by atoms with Crippen LogP contribution in [0.15, 0.2) is 22.8 Å². The minimum absolute atomic E-state index is 0.00581. The van der Waals surface area contributed by atoms with Gasteiger partial charge in [-0.15, -0.1) is 0 Å². The first-order valence-corrected chi connectivity index (χ1v) is 8.69. The van der Waals surface area contributed by atoms with Gasteiger partial charge in [-0.1, -0.05) is 13.8 Å². The summed E-state index contributed by atoms with van der Waals surface area (Å²) in [6, 6.07) is 3.79. The van der Waals surface area contributed by atoms with Gasteiger partial charge in [-0.05, 0) is 18.6 Å². The maximum Gasteiger partial charge on any atom is 0.225 e. The van der Waals surface area contributed by atoms with Gasteiger partial charge in [0.2, 0.25) is 11.8 Å². The third-order valence-corrected chi connectivity index (χ3v) is 5.91. The molecule has 2 amide bonds. The lowest BCUT2D eigenvalue weighted by atomic mass is 9.57. The van der Waals surface area contributed by atoms with Gasteiger partial charge in [0.25, 0.3) is 0 Å². The van der Waals surface area contributed by atoms with E-state index in [9.17, 15) is 9.59 Å². The van der Waals surface area contributed by atoms with E-state index in [0.29, 0.717) is 19.0 Å². The average Bonchev–Trinajstić information content (AvgIpc) is 3.26. The Morgan fingerprint density at radius 1 is 1.46 bits per heavy atom.